The summed E-state index contributed by atoms with van der Waals surface area (Å²) in [6.45, 7) is 5.41. The van der Waals surface area contributed by atoms with Crippen molar-refractivity contribution in [3.63, 3.8) is 0 Å². The lowest BCUT2D eigenvalue weighted by atomic mass is 9.78. The summed E-state index contributed by atoms with van der Waals surface area (Å²) in [4.78, 5) is 64.5. The first-order chi connectivity index (χ1) is 23.3. The molecule has 0 bridgehead atoms. The molecule has 0 N–H and O–H groups in total. The summed E-state index contributed by atoms with van der Waals surface area (Å²) in [7, 11) is 1.52. The van der Waals surface area contributed by atoms with Crippen LogP contribution in [0.2, 0.25) is 0 Å². The Labute approximate surface area is 288 Å². The van der Waals surface area contributed by atoms with Crippen molar-refractivity contribution in [1.82, 2.24) is 4.90 Å². The Morgan fingerprint density at radius 3 is 1.90 bits per heavy atom. The summed E-state index contributed by atoms with van der Waals surface area (Å²) >= 11 is 4.85. The summed E-state index contributed by atoms with van der Waals surface area (Å²) in [5.41, 5.74) is 1.56. The second kappa shape index (κ2) is 15.8. The predicted molar refractivity (Wildman–Crippen MR) is 175 cm³/mol. The van der Waals surface area contributed by atoms with Crippen LogP contribution in [0, 0.1) is 11.3 Å². The molecule has 2 heterocycles. The molecule has 0 radical (unpaired) electrons. The Balaban J connectivity index is 2.06. The topological polar surface area (TPSA) is 168 Å². The number of esters is 4. The van der Waals surface area contributed by atoms with Gasteiger partial charge in [-0.1, -0.05) is 42.5 Å². The molecule has 2 aliphatic rings. The van der Waals surface area contributed by atoms with Crippen LogP contribution in [0.4, 0.5) is 0 Å². The minimum absolute atomic E-state index is 0.0214. The van der Waals surface area contributed by atoms with Crippen molar-refractivity contribution in [2.45, 2.75) is 71.2 Å². The Kier molecular flexibility index (Phi) is 11.9. The van der Waals surface area contributed by atoms with Gasteiger partial charge in [-0.25, -0.2) is 0 Å². The van der Waals surface area contributed by atoms with Crippen LogP contribution in [-0.2, 0) is 47.7 Å². The molecule has 2 aromatic carbocycles. The van der Waals surface area contributed by atoms with Crippen molar-refractivity contribution in [3.05, 3.63) is 81.9 Å². The maximum absolute atomic E-state index is 13.8. The molecule has 0 amide bonds. The summed E-state index contributed by atoms with van der Waals surface area (Å²) in [5, 5.41) is 10.7. The summed E-state index contributed by atoms with van der Waals surface area (Å²) in [5.74, 6) is -3.84. The molecule has 1 saturated heterocycles. The van der Waals surface area contributed by atoms with Crippen LogP contribution in [0.5, 0.6) is 5.75 Å². The zero-order valence-corrected chi connectivity index (χ0v) is 28.6. The molecule has 1 fully saturated rings. The third-order valence-corrected chi connectivity index (χ3v) is 8.22. The first kappa shape index (κ1) is 36.7. The van der Waals surface area contributed by atoms with E-state index in [0.29, 0.717) is 16.9 Å². The average Bonchev–Trinajstić information content (AvgIpc) is 3.05. The highest BCUT2D eigenvalue weighted by molar-refractivity contribution is 7.84. The lowest BCUT2D eigenvalue weighted by Gasteiger charge is -2.50. The van der Waals surface area contributed by atoms with Gasteiger partial charge in [0.25, 0.3) is 0 Å². The minimum atomic E-state index is -1.54. The number of carbonyl (C=O) groups excluding carboxylic acids is 5. The Hall–Kier alpha value is -5.13. The van der Waals surface area contributed by atoms with E-state index < -0.39 is 72.8 Å². The zero-order chi connectivity index (χ0) is 36.0. The summed E-state index contributed by atoms with van der Waals surface area (Å²) < 4.78 is 34.0. The highest BCUT2D eigenvalue weighted by Crippen LogP contribution is 2.49. The van der Waals surface area contributed by atoms with Crippen molar-refractivity contribution in [2.24, 2.45) is 0 Å². The third-order valence-electron chi connectivity index (χ3n) is 7.76. The van der Waals surface area contributed by atoms with E-state index in [0.717, 1.165) is 20.8 Å². The highest BCUT2D eigenvalue weighted by atomic mass is 32.1. The molecule has 4 rings (SSSR count). The third kappa shape index (κ3) is 8.13. The fourth-order valence-electron chi connectivity index (χ4n) is 5.94. The molecule has 2 aliphatic heterocycles. The number of nitrogens with zero attached hydrogens (tertiary/aromatic N) is 2. The molecule has 0 saturated carbocycles. The van der Waals surface area contributed by atoms with Gasteiger partial charge in [0.1, 0.15) is 18.5 Å². The molecular formula is C35H36N2O11S. The van der Waals surface area contributed by atoms with Crippen LogP contribution < -0.4 is 4.74 Å². The average molecular weight is 693 g/mol. The SMILES string of the molecule is COc1ccc([C@@H]2C(C#N)=C(S)N([C@H]3O[C@@H](COC(C)=O)[C@@H](OC(C)=O)[C@@H](OC(C)=O)[C@H]3OC(C)=O)C(c3ccccc3)=C2C(C)=O)cc1. The predicted octanol–water partition coefficient (Wildman–Crippen LogP) is 3.84. The highest BCUT2D eigenvalue weighted by Gasteiger charge is 2.56. The van der Waals surface area contributed by atoms with Crippen LogP contribution >= 0.6 is 12.6 Å². The number of nitriles is 1. The van der Waals surface area contributed by atoms with E-state index >= 15 is 0 Å². The normalized spacial score (nSPS) is 23.6. The Morgan fingerprint density at radius 2 is 1.39 bits per heavy atom. The number of rotatable bonds is 10. The van der Waals surface area contributed by atoms with Crippen molar-refractivity contribution >= 4 is 48.0 Å². The maximum Gasteiger partial charge on any atom is 0.303 e. The molecule has 0 spiro atoms. The minimum Gasteiger partial charge on any atom is -0.497 e. The molecular weight excluding hydrogens is 656 g/mol. The van der Waals surface area contributed by atoms with E-state index in [4.69, 9.17) is 41.0 Å². The molecule has 0 unspecified atom stereocenters. The molecule has 258 valence electrons. The van der Waals surface area contributed by atoms with Gasteiger partial charge < -0.3 is 33.3 Å². The monoisotopic (exact) mass is 692 g/mol. The van der Waals surface area contributed by atoms with Crippen LogP contribution in [0.1, 0.15) is 51.7 Å². The van der Waals surface area contributed by atoms with Gasteiger partial charge in [0.15, 0.2) is 30.3 Å². The second-order valence-corrected chi connectivity index (χ2v) is 11.6. The number of ether oxygens (including phenoxy) is 6. The van der Waals surface area contributed by atoms with E-state index in [1.54, 1.807) is 54.6 Å². The number of hydrogen-bond donors (Lipinski definition) is 1. The number of hydrogen-bond acceptors (Lipinski definition) is 14. The zero-order valence-electron chi connectivity index (χ0n) is 27.7. The molecule has 0 aliphatic carbocycles. The van der Waals surface area contributed by atoms with Crippen LogP contribution in [0.15, 0.2) is 70.8 Å². The fourth-order valence-corrected chi connectivity index (χ4v) is 6.33. The van der Waals surface area contributed by atoms with Crippen molar-refractivity contribution in [3.8, 4) is 11.8 Å². The van der Waals surface area contributed by atoms with Gasteiger partial charge in [0.2, 0.25) is 0 Å². The molecule has 0 aromatic heterocycles. The van der Waals surface area contributed by atoms with Crippen LogP contribution in [0.3, 0.4) is 0 Å². The van der Waals surface area contributed by atoms with E-state index in [1.165, 1.54) is 25.9 Å². The van der Waals surface area contributed by atoms with Gasteiger partial charge in [-0.3, -0.25) is 24.0 Å². The Morgan fingerprint density at radius 1 is 0.816 bits per heavy atom. The van der Waals surface area contributed by atoms with Crippen LogP contribution in [0.25, 0.3) is 5.70 Å². The van der Waals surface area contributed by atoms with E-state index in [-0.39, 0.29) is 21.9 Å². The smallest absolute Gasteiger partial charge is 0.303 e. The largest absolute Gasteiger partial charge is 0.497 e. The lowest BCUT2D eigenvalue weighted by Crippen LogP contribution is -2.66. The van der Waals surface area contributed by atoms with Gasteiger partial charge in [0, 0.05) is 33.3 Å². The van der Waals surface area contributed by atoms with Crippen LogP contribution in [-0.4, -0.2) is 78.9 Å². The quantitative estimate of drug-likeness (QED) is 0.217. The maximum atomic E-state index is 13.8. The first-order valence-electron chi connectivity index (χ1n) is 15.2. The van der Waals surface area contributed by atoms with Crippen molar-refractivity contribution in [1.29, 1.82) is 5.26 Å². The standard InChI is InChI=1S/C35H36N2O11S/c1-18(38)28-29(23-12-14-25(43-6)15-13-23)26(16-36)35(49)37(30(28)24-10-8-7-9-11-24)34-33(47-22(5)42)32(46-21(4)41)31(45-20(3)40)27(48-34)17-44-19(2)39/h7-15,27,29,31-34,49H,17H2,1-6H3/t27-,29+,31+,32+,33+,34-/m0/s1. The number of benzene rings is 2. The van der Waals surface area contributed by atoms with Crippen molar-refractivity contribution in [2.75, 3.05) is 13.7 Å². The number of carbonyl (C=O) groups is 5. The fraction of sp³-hybridized carbons (Fsp3) is 0.371. The van der Waals surface area contributed by atoms with Gasteiger partial charge >= 0.3 is 23.9 Å². The van der Waals surface area contributed by atoms with E-state index in [2.05, 4.69) is 6.07 Å². The molecule has 6 atom stereocenters. The van der Waals surface area contributed by atoms with Gasteiger partial charge in [0.05, 0.1) is 35.4 Å². The number of Topliss-reactive ketones (excluding diaryl/α,β-unsaturated/α-hetero) is 1. The van der Waals surface area contributed by atoms with Gasteiger partial charge in [-0.15, -0.1) is 12.6 Å². The Bertz CT molecular complexity index is 1710. The number of thiol groups is 1. The molecule has 2 aromatic rings. The first-order valence-corrected chi connectivity index (χ1v) is 15.6. The second-order valence-electron chi connectivity index (χ2n) is 11.2. The molecule has 14 heteroatoms. The molecule has 49 heavy (non-hydrogen) atoms. The van der Waals surface area contributed by atoms with Gasteiger partial charge in [-0.05, 0) is 30.2 Å². The number of allylic oxidation sites excluding steroid dienone is 2. The summed E-state index contributed by atoms with van der Waals surface area (Å²) in [6, 6.07) is 17.8. The molecule has 13 nitrogen and oxygen atoms in total. The van der Waals surface area contributed by atoms with Gasteiger partial charge in [-0.2, -0.15) is 5.26 Å². The lowest BCUT2D eigenvalue weighted by molar-refractivity contribution is -0.269. The van der Waals surface area contributed by atoms with Crippen molar-refractivity contribution < 1.29 is 52.4 Å². The van der Waals surface area contributed by atoms with E-state index in [9.17, 15) is 29.2 Å². The summed E-state index contributed by atoms with van der Waals surface area (Å²) in [6.07, 6.45) is -7.24. The van der Waals surface area contributed by atoms with E-state index in [1.807, 2.05) is 0 Å². The number of methoxy groups -OCH3 is 1. The number of ketones is 1.